The van der Waals surface area contributed by atoms with E-state index in [0.29, 0.717) is 23.6 Å². The highest BCUT2D eigenvalue weighted by Gasteiger charge is 2.44. The molecule has 1 saturated heterocycles. The van der Waals surface area contributed by atoms with Crippen molar-refractivity contribution in [1.29, 1.82) is 0 Å². The molecule has 3 aliphatic rings. The molecular weight excluding hydrogens is 408 g/mol. The van der Waals surface area contributed by atoms with Gasteiger partial charge in [0.2, 0.25) is 0 Å². The summed E-state index contributed by atoms with van der Waals surface area (Å²) in [4.78, 5) is 0.289. The number of hydrogen-bond donors (Lipinski definition) is 2. The van der Waals surface area contributed by atoms with Gasteiger partial charge < -0.3 is 10.1 Å². The van der Waals surface area contributed by atoms with Crippen molar-refractivity contribution >= 4 is 21.4 Å². The zero-order valence-electron chi connectivity index (χ0n) is 18.4. The van der Waals surface area contributed by atoms with Crippen LogP contribution in [0.3, 0.4) is 0 Å². The SMILES string of the molecule is Cc1ccc(NS(=O)(=O)c2ccc3c(c2)C2OCC[C@H]2[C@H](C2CCCCC2)N3)cc1C. The highest BCUT2D eigenvalue weighted by atomic mass is 32.2. The zero-order chi connectivity index (χ0) is 21.6. The molecule has 1 saturated carbocycles. The number of ether oxygens (including phenoxy) is 1. The average Bonchev–Trinajstić information content (AvgIpc) is 3.26. The maximum atomic E-state index is 13.1. The van der Waals surface area contributed by atoms with Gasteiger partial charge in [-0.2, -0.15) is 0 Å². The van der Waals surface area contributed by atoms with E-state index in [9.17, 15) is 8.42 Å². The lowest BCUT2D eigenvalue weighted by molar-refractivity contribution is 0.0730. The summed E-state index contributed by atoms with van der Waals surface area (Å²) in [5, 5.41) is 3.78. The number of nitrogens with one attached hydrogen (secondary N) is 2. The summed E-state index contributed by atoms with van der Waals surface area (Å²) < 4.78 is 35.1. The molecule has 3 atom stereocenters. The first kappa shape index (κ1) is 20.8. The molecule has 0 bridgehead atoms. The maximum Gasteiger partial charge on any atom is 0.261 e. The predicted octanol–water partition coefficient (Wildman–Crippen LogP) is 5.56. The lowest BCUT2D eigenvalue weighted by Gasteiger charge is -2.42. The van der Waals surface area contributed by atoms with Crippen LogP contribution in [0.15, 0.2) is 41.3 Å². The van der Waals surface area contributed by atoms with Crippen molar-refractivity contribution in [3.63, 3.8) is 0 Å². The molecule has 166 valence electrons. The first-order chi connectivity index (χ1) is 14.9. The molecule has 1 unspecified atom stereocenters. The van der Waals surface area contributed by atoms with Gasteiger partial charge in [0.25, 0.3) is 10.0 Å². The van der Waals surface area contributed by atoms with Crippen LogP contribution in [0.4, 0.5) is 11.4 Å². The monoisotopic (exact) mass is 440 g/mol. The normalized spacial score (nSPS) is 26.1. The van der Waals surface area contributed by atoms with Crippen molar-refractivity contribution in [3.8, 4) is 0 Å². The smallest absolute Gasteiger partial charge is 0.261 e. The lowest BCUT2D eigenvalue weighted by Crippen LogP contribution is -2.42. The maximum absolute atomic E-state index is 13.1. The fraction of sp³-hybridized carbons (Fsp3) is 0.520. The number of hydrogen-bond acceptors (Lipinski definition) is 4. The summed E-state index contributed by atoms with van der Waals surface area (Å²) in [7, 11) is -3.67. The molecule has 2 aromatic carbocycles. The van der Waals surface area contributed by atoms with E-state index in [1.165, 1.54) is 32.1 Å². The van der Waals surface area contributed by atoms with Gasteiger partial charge in [-0.25, -0.2) is 8.42 Å². The van der Waals surface area contributed by atoms with Gasteiger partial charge in [0, 0.05) is 35.5 Å². The highest BCUT2D eigenvalue weighted by Crippen LogP contribution is 2.48. The Labute approximate surface area is 185 Å². The summed E-state index contributed by atoms with van der Waals surface area (Å²) in [6.45, 7) is 4.75. The van der Waals surface area contributed by atoms with Crippen LogP contribution in [-0.4, -0.2) is 21.1 Å². The highest BCUT2D eigenvalue weighted by molar-refractivity contribution is 7.92. The minimum absolute atomic E-state index is 0.0139. The van der Waals surface area contributed by atoms with Gasteiger partial charge in [0.15, 0.2) is 0 Å². The summed E-state index contributed by atoms with van der Waals surface area (Å²) >= 11 is 0. The predicted molar refractivity (Wildman–Crippen MR) is 124 cm³/mol. The van der Waals surface area contributed by atoms with Crippen molar-refractivity contribution in [1.82, 2.24) is 0 Å². The second-order valence-electron chi connectivity index (χ2n) is 9.47. The van der Waals surface area contributed by atoms with Crippen LogP contribution in [0.2, 0.25) is 0 Å². The number of aryl methyl sites for hydroxylation is 2. The fourth-order valence-corrected chi connectivity index (χ4v) is 6.72. The molecule has 0 aromatic heterocycles. The summed E-state index contributed by atoms with van der Waals surface area (Å²) in [5.74, 6) is 1.10. The van der Waals surface area contributed by atoms with Gasteiger partial charge in [-0.3, -0.25) is 4.72 Å². The van der Waals surface area contributed by atoms with Gasteiger partial charge in [0.1, 0.15) is 0 Å². The molecule has 2 aromatic rings. The number of fused-ring (bicyclic) bond motifs is 3. The van der Waals surface area contributed by atoms with Crippen molar-refractivity contribution < 1.29 is 13.2 Å². The number of anilines is 2. The van der Waals surface area contributed by atoms with Crippen LogP contribution in [0.25, 0.3) is 0 Å². The Morgan fingerprint density at radius 1 is 0.968 bits per heavy atom. The third kappa shape index (κ3) is 3.96. The molecule has 2 aliphatic heterocycles. The molecule has 5 nitrogen and oxygen atoms in total. The van der Waals surface area contributed by atoms with Crippen LogP contribution in [-0.2, 0) is 14.8 Å². The second kappa shape index (κ2) is 8.14. The van der Waals surface area contributed by atoms with Crippen LogP contribution in [0, 0.1) is 25.7 Å². The quantitative estimate of drug-likeness (QED) is 0.653. The Bertz CT molecular complexity index is 1080. The Balaban J connectivity index is 1.43. The molecule has 2 N–H and O–H groups in total. The van der Waals surface area contributed by atoms with E-state index in [4.69, 9.17) is 4.74 Å². The largest absolute Gasteiger partial charge is 0.381 e. The summed E-state index contributed by atoms with van der Waals surface area (Å²) in [6.07, 6.45) is 7.56. The zero-order valence-corrected chi connectivity index (χ0v) is 19.2. The standard InChI is InChI=1S/C25H32N2O3S/c1-16-8-9-19(14-17(16)2)27-31(28,29)20-10-11-23-22(15-20)25-21(12-13-30-25)24(26-23)18-6-4-3-5-7-18/h8-11,14-15,18,21,24-27H,3-7,12-13H2,1-2H3/t21-,24-,25?/m0/s1. The van der Waals surface area contributed by atoms with Crippen molar-refractivity contribution in [2.45, 2.75) is 69.4 Å². The molecule has 0 radical (unpaired) electrons. The molecular formula is C25H32N2O3S. The minimum atomic E-state index is -3.67. The molecule has 2 fully saturated rings. The van der Waals surface area contributed by atoms with E-state index in [-0.39, 0.29) is 11.0 Å². The van der Waals surface area contributed by atoms with E-state index < -0.39 is 10.0 Å². The Hall–Kier alpha value is -2.05. The minimum Gasteiger partial charge on any atom is -0.381 e. The molecule has 5 rings (SSSR count). The molecule has 1 aliphatic carbocycles. The van der Waals surface area contributed by atoms with Gasteiger partial charge in [-0.1, -0.05) is 25.3 Å². The van der Waals surface area contributed by atoms with Crippen LogP contribution in [0.1, 0.15) is 61.3 Å². The lowest BCUT2D eigenvalue weighted by atomic mass is 9.73. The molecule has 2 heterocycles. The van der Waals surface area contributed by atoms with Crippen molar-refractivity contribution in [2.24, 2.45) is 11.8 Å². The first-order valence-corrected chi connectivity index (χ1v) is 13.0. The van der Waals surface area contributed by atoms with E-state index in [0.717, 1.165) is 35.4 Å². The number of benzene rings is 2. The van der Waals surface area contributed by atoms with Crippen LogP contribution in [0.5, 0.6) is 0 Å². The van der Waals surface area contributed by atoms with Crippen molar-refractivity contribution in [3.05, 3.63) is 53.1 Å². The molecule has 6 heteroatoms. The molecule has 0 amide bonds. The average molecular weight is 441 g/mol. The second-order valence-corrected chi connectivity index (χ2v) is 11.1. The van der Waals surface area contributed by atoms with E-state index in [1.807, 2.05) is 44.2 Å². The van der Waals surface area contributed by atoms with Gasteiger partial charge in [-0.05, 0) is 80.5 Å². The topological polar surface area (TPSA) is 67.4 Å². The molecule has 31 heavy (non-hydrogen) atoms. The van der Waals surface area contributed by atoms with Gasteiger partial charge in [-0.15, -0.1) is 0 Å². The number of sulfonamides is 1. The number of rotatable bonds is 4. The molecule has 0 spiro atoms. The van der Waals surface area contributed by atoms with Crippen LogP contribution < -0.4 is 10.0 Å². The third-order valence-electron chi connectivity index (χ3n) is 7.48. The Morgan fingerprint density at radius 2 is 1.77 bits per heavy atom. The van der Waals surface area contributed by atoms with Gasteiger partial charge >= 0.3 is 0 Å². The summed E-state index contributed by atoms with van der Waals surface area (Å²) in [5.41, 5.74) is 4.80. The first-order valence-electron chi connectivity index (χ1n) is 11.5. The Morgan fingerprint density at radius 3 is 2.55 bits per heavy atom. The van der Waals surface area contributed by atoms with Crippen molar-refractivity contribution in [2.75, 3.05) is 16.6 Å². The fourth-order valence-electron chi connectivity index (χ4n) is 5.64. The van der Waals surface area contributed by atoms with E-state index in [2.05, 4.69) is 10.0 Å². The van der Waals surface area contributed by atoms with Gasteiger partial charge in [0.05, 0.1) is 11.0 Å². The van der Waals surface area contributed by atoms with E-state index in [1.54, 1.807) is 6.07 Å². The third-order valence-corrected chi connectivity index (χ3v) is 8.86. The van der Waals surface area contributed by atoms with E-state index >= 15 is 0 Å². The Kier molecular flexibility index (Phi) is 5.47. The summed E-state index contributed by atoms with van der Waals surface area (Å²) in [6, 6.07) is 11.5. The van der Waals surface area contributed by atoms with Crippen LogP contribution >= 0.6 is 0 Å².